The zero-order valence-electron chi connectivity index (χ0n) is 16.5. The fourth-order valence-electron chi connectivity index (χ4n) is 3.16. The summed E-state index contributed by atoms with van der Waals surface area (Å²) in [7, 11) is -3.83. The molecule has 0 aromatic heterocycles. The van der Waals surface area contributed by atoms with Crippen LogP contribution < -0.4 is 10.2 Å². The van der Waals surface area contributed by atoms with Gasteiger partial charge in [-0.15, -0.1) is 0 Å². The highest BCUT2D eigenvalue weighted by atomic mass is 32.2. The van der Waals surface area contributed by atoms with Crippen LogP contribution in [0.5, 0.6) is 5.75 Å². The van der Waals surface area contributed by atoms with Gasteiger partial charge < -0.3 is 4.74 Å². The van der Waals surface area contributed by atoms with Crippen molar-refractivity contribution in [2.24, 2.45) is 5.10 Å². The highest BCUT2D eigenvalue weighted by Crippen LogP contribution is 2.30. The molecule has 0 saturated carbocycles. The molecule has 1 saturated heterocycles. The Bertz CT molecular complexity index is 1100. The van der Waals surface area contributed by atoms with Crippen molar-refractivity contribution in [2.75, 3.05) is 18.5 Å². The number of para-hydroxylation sites is 1. The third-order valence-electron chi connectivity index (χ3n) is 4.71. The van der Waals surface area contributed by atoms with E-state index < -0.39 is 27.2 Å². The van der Waals surface area contributed by atoms with Crippen molar-refractivity contribution in [3.8, 4) is 5.75 Å². The number of nitro benzene ring substituents is 1. The van der Waals surface area contributed by atoms with Crippen LogP contribution in [0.15, 0.2) is 52.5 Å². The standard InChI is InChI=1S/C19H20F2N4O5S/c1-13(15-6-2-3-7-18(15)30-19(20)21)22-23-16-9-8-14(12-17(16)25(26)27)31(28,29)24-10-4-5-11-24/h2-3,6-9,12,19,23H,4-5,10-11H2,1H3/b22-13+. The summed E-state index contributed by atoms with van der Waals surface area (Å²) in [6, 6.07) is 9.48. The normalized spacial score (nSPS) is 15.3. The van der Waals surface area contributed by atoms with Crippen LogP contribution in [0.3, 0.4) is 0 Å². The van der Waals surface area contributed by atoms with Crippen molar-refractivity contribution >= 4 is 27.1 Å². The maximum Gasteiger partial charge on any atom is 0.387 e. The van der Waals surface area contributed by atoms with Crippen molar-refractivity contribution in [3.63, 3.8) is 0 Å². The second kappa shape index (κ2) is 9.35. The molecule has 12 heteroatoms. The molecule has 1 heterocycles. The molecule has 0 unspecified atom stereocenters. The first-order chi connectivity index (χ1) is 14.7. The van der Waals surface area contributed by atoms with Crippen LogP contribution in [0, 0.1) is 10.1 Å². The van der Waals surface area contributed by atoms with E-state index in [1.807, 2.05) is 0 Å². The summed E-state index contributed by atoms with van der Waals surface area (Å²) >= 11 is 0. The molecule has 0 aliphatic carbocycles. The van der Waals surface area contributed by atoms with Gasteiger partial charge in [0.2, 0.25) is 10.0 Å². The number of rotatable bonds is 8. The van der Waals surface area contributed by atoms with Gasteiger partial charge in [0.25, 0.3) is 5.69 Å². The van der Waals surface area contributed by atoms with Crippen molar-refractivity contribution < 1.29 is 26.9 Å². The van der Waals surface area contributed by atoms with Crippen molar-refractivity contribution in [1.82, 2.24) is 4.31 Å². The minimum Gasteiger partial charge on any atom is -0.434 e. The zero-order valence-corrected chi connectivity index (χ0v) is 17.3. The first-order valence-electron chi connectivity index (χ1n) is 9.33. The predicted octanol–water partition coefficient (Wildman–Crippen LogP) is 3.82. The summed E-state index contributed by atoms with van der Waals surface area (Å²) in [4.78, 5) is 10.6. The Morgan fingerprint density at radius 2 is 1.90 bits per heavy atom. The van der Waals surface area contributed by atoms with Gasteiger partial charge in [-0.3, -0.25) is 15.5 Å². The number of alkyl halides is 2. The van der Waals surface area contributed by atoms with E-state index in [4.69, 9.17) is 0 Å². The zero-order chi connectivity index (χ0) is 22.6. The van der Waals surface area contributed by atoms with Gasteiger partial charge in [-0.25, -0.2) is 8.42 Å². The van der Waals surface area contributed by atoms with Crippen LogP contribution in [0.2, 0.25) is 0 Å². The van der Waals surface area contributed by atoms with E-state index in [2.05, 4.69) is 15.3 Å². The molecule has 1 aliphatic rings. The van der Waals surface area contributed by atoms with Crippen molar-refractivity contribution in [1.29, 1.82) is 0 Å². The number of anilines is 1. The number of sulfonamides is 1. The van der Waals surface area contributed by atoms with Crippen molar-refractivity contribution in [3.05, 3.63) is 58.1 Å². The van der Waals surface area contributed by atoms with Crippen LogP contribution in [0.4, 0.5) is 20.2 Å². The molecular weight excluding hydrogens is 434 g/mol. The summed E-state index contributed by atoms with van der Waals surface area (Å²) < 4.78 is 56.3. The van der Waals surface area contributed by atoms with Gasteiger partial charge in [-0.1, -0.05) is 12.1 Å². The topological polar surface area (TPSA) is 114 Å². The van der Waals surface area contributed by atoms with Gasteiger partial charge in [0.15, 0.2) is 0 Å². The summed E-state index contributed by atoms with van der Waals surface area (Å²) in [5.41, 5.74) is 2.50. The monoisotopic (exact) mass is 454 g/mol. The minimum absolute atomic E-state index is 0.0445. The molecule has 9 nitrogen and oxygen atoms in total. The Labute approximate surface area is 177 Å². The third kappa shape index (κ3) is 5.14. The van der Waals surface area contributed by atoms with Crippen LogP contribution in [0.25, 0.3) is 0 Å². The Morgan fingerprint density at radius 1 is 1.23 bits per heavy atom. The lowest BCUT2D eigenvalue weighted by atomic mass is 10.1. The number of ether oxygens (including phenoxy) is 1. The van der Waals surface area contributed by atoms with E-state index in [-0.39, 0.29) is 27.6 Å². The SMILES string of the molecule is C/C(=N\Nc1ccc(S(=O)(=O)N2CCCC2)cc1[N+](=O)[O-])c1ccccc1OC(F)F. The molecule has 0 atom stereocenters. The number of hydrazone groups is 1. The molecule has 31 heavy (non-hydrogen) atoms. The molecule has 166 valence electrons. The smallest absolute Gasteiger partial charge is 0.387 e. The maximum atomic E-state index is 12.7. The summed E-state index contributed by atoms with van der Waals surface area (Å²) in [6.45, 7) is -0.758. The van der Waals surface area contributed by atoms with E-state index in [0.29, 0.717) is 13.1 Å². The summed E-state index contributed by atoms with van der Waals surface area (Å²) in [6.07, 6.45) is 1.48. The average molecular weight is 454 g/mol. The third-order valence-corrected chi connectivity index (χ3v) is 6.60. The lowest BCUT2D eigenvalue weighted by Gasteiger charge is -2.15. The van der Waals surface area contributed by atoms with Gasteiger partial charge in [0, 0.05) is 24.7 Å². The molecule has 1 aliphatic heterocycles. The van der Waals surface area contributed by atoms with E-state index in [9.17, 15) is 27.3 Å². The quantitative estimate of drug-likeness (QED) is 0.369. The molecule has 0 spiro atoms. The van der Waals surface area contributed by atoms with Crippen LogP contribution >= 0.6 is 0 Å². The Hall–Kier alpha value is -3.12. The predicted molar refractivity (Wildman–Crippen MR) is 110 cm³/mol. The number of nitrogens with one attached hydrogen (secondary N) is 1. The molecule has 1 N–H and O–H groups in total. The average Bonchev–Trinajstić information content (AvgIpc) is 3.27. The Balaban J connectivity index is 1.89. The lowest BCUT2D eigenvalue weighted by Crippen LogP contribution is -2.27. The molecule has 0 bridgehead atoms. The summed E-state index contributed by atoms with van der Waals surface area (Å²) in [5.74, 6) is -0.0953. The van der Waals surface area contributed by atoms with E-state index in [1.165, 1.54) is 41.6 Å². The molecule has 3 rings (SSSR count). The number of nitro groups is 1. The molecule has 0 amide bonds. The number of nitrogens with zero attached hydrogens (tertiary/aromatic N) is 3. The highest BCUT2D eigenvalue weighted by molar-refractivity contribution is 7.89. The number of benzene rings is 2. The van der Waals surface area contributed by atoms with Gasteiger partial charge in [-0.2, -0.15) is 18.2 Å². The number of halogens is 2. The van der Waals surface area contributed by atoms with Crippen LogP contribution in [-0.4, -0.2) is 43.1 Å². The van der Waals surface area contributed by atoms with Gasteiger partial charge in [0.05, 0.1) is 15.5 Å². The number of hydrogen-bond acceptors (Lipinski definition) is 7. The van der Waals surface area contributed by atoms with Crippen LogP contribution in [0.1, 0.15) is 25.3 Å². The fraction of sp³-hybridized carbons (Fsp3) is 0.316. The fourth-order valence-corrected chi connectivity index (χ4v) is 4.70. The lowest BCUT2D eigenvalue weighted by molar-refractivity contribution is -0.384. The second-order valence-corrected chi connectivity index (χ2v) is 8.67. The molecule has 2 aromatic carbocycles. The molecule has 1 fully saturated rings. The molecule has 2 aromatic rings. The van der Waals surface area contributed by atoms with E-state index in [1.54, 1.807) is 6.07 Å². The first-order valence-corrected chi connectivity index (χ1v) is 10.8. The molecular formula is C19H20F2N4O5S. The Morgan fingerprint density at radius 3 is 2.55 bits per heavy atom. The van der Waals surface area contributed by atoms with E-state index >= 15 is 0 Å². The van der Waals surface area contributed by atoms with E-state index in [0.717, 1.165) is 18.9 Å². The largest absolute Gasteiger partial charge is 0.434 e. The van der Waals surface area contributed by atoms with Gasteiger partial charge in [0.1, 0.15) is 11.4 Å². The maximum absolute atomic E-state index is 12.7. The Kier molecular flexibility index (Phi) is 6.81. The van der Waals surface area contributed by atoms with Gasteiger partial charge in [-0.05, 0) is 44.0 Å². The minimum atomic E-state index is -3.83. The second-order valence-electron chi connectivity index (χ2n) is 6.73. The highest BCUT2D eigenvalue weighted by Gasteiger charge is 2.29. The molecule has 0 radical (unpaired) electrons. The van der Waals surface area contributed by atoms with Crippen LogP contribution in [-0.2, 0) is 10.0 Å². The first kappa shape index (κ1) is 22.6. The summed E-state index contributed by atoms with van der Waals surface area (Å²) in [5, 5.41) is 15.5. The van der Waals surface area contributed by atoms with Crippen molar-refractivity contribution in [2.45, 2.75) is 31.3 Å². The number of hydrogen-bond donors (Lipinski definition) is 1. The van der Waals surface area contributed by atoms with Gasteiger partial charge >= 0.3 is 6.61 Å².